The minimum absolute atomic E-state index is 0.0944. The number of hydrogen-bond acceptors (Lipinski definition) is 12. The van der Waals surface area contributed by atoms with E-state index in [0.29, 0.717) is 22.3 Å². The summed E-state index contributed by atoms with van der Waals surface area (Å²) in [6, 6.07) is 11.1. The lowest BCUT2D eigenvalue weighted by molar-refractivity contribution is -0.193. The third kappa shape index (κ3) is 6.24. The molecule has 0 saturated carbocycles. The predicted molar refractivity (Wildman–Crippen MR) is 135 cm³/mol. The first-order valence-electron chi connectivity index (χ1n) is 11.8. The molecule has 42 heavy (non-hydrogen) atoms. The Morgan fingerprint density at radius 3 is 1.93 bits per heavy atom. The quantitative estimate of drug-likeness (QED) is 0.252. The molecular weight excluding hydrogens is 596 g/mol. The van der Waals surface area contributed by atoms with E-state index >= 15 is 0 Å². The van der Waals surface area contributed by atoms with Gasteiger partial charge in [0.25, 0.3) is 12.2 Å². The Labute approximate surface area is 234 Å². The zero-order valence-electron chi connectivity index (χ0n) is 21.7. The van der Waals surface area contributed by atoms with Gasteiger partial charge in [0.2, 0.25) is 0 Å². The lowest BCUT2D eigenvalue weighted by atomic mass is 9.96. The molecule has 3 aromatic rings. The van der Waals surface area contributed by atoms with Crippen LogP contribution in [0.25, 0.3) is 0 Å². The van der Waals surface area contributed by atoms with Crippen molar-refractivity contribution in [3.63, 3.8) is 0 Å². The molecular formula is C24H24F3N2O12P. The van der Waals surface area contributed by atoms with Gasteiger partial charge in [-0.15, -0.1) is 0 Å². The summed E-state index contributed by atoms with van der Waals surface area (Å²) in [4.78, 5) is 28.9. The number of nitrogens with zero attached hydrogens (tertiary/aromatic N) is 1. The number of aromatic amines is 1. The molecule has 2 aromatic carbocycles. The van der Waals surface area contributed by atoms with Crippen LogP contribution in [-0.2, 0) is 13.8 Å². The number of benzene rings is 2. The second-order valence-electron chi connectivity index (χ2n) is 8.69. The standard InChI is InChI=1S/C24H24F3N2O12P/c1-35-13-3-7-15(8-4-13)40-42(34,41-16-9-5-14(36-2)6-10-16)37-12-24(22(25)26)19(31)18(30)21(38-24)29-11-17(39-27)20(32)28-23(29)33/h3-11,18-19,21-22,30-31H,12H2,1-2H3,(H,28,32,33)/t18-,19+,21-,24-/m1/s1. The van der Waals surface area contributed by atoms with Crippen molar-refractivity contribution >= 4 is 7.82 Å². The first-order chi connectivity index (χ1) is 19.9. The zero-order valence-corrected chi connectivity index (χ0v) is 22.6. The fraction of sp³-hybridized carbons (Fsp3) is 0.333. The van der Waals surface area contributed by atoms with Crippen molar-refractivity contribution in [1.29, 1.82) is 0 Å². The lowest BCUT2D eigenvalue weighted by Crippen LogP contribution is -2.52. The van der Waals surface area contributed by atoms with Crippen LogP contribution in [0.3, 0.4) is 0 Å². The molecule has 1 aromatic heterocycles. The van der Waals surface area contributed by atoms with Crippen LogP contribution in [0.1, 0.15) is 6.23 Å². The summed E-state index contributed by atoms with van der Waals surface area (Å²) in [5.41, 5.74) is -5.76. The number of phosphoric acid groups is 1. The number of phosphoric ester groups is 1. The normalized spacial score (nSPS) is 22.1. The number of nitrogens with one attached hydrogen (secondary N) is 1. The molecule has 228 valence electrons. The van der Waals surface area contributed by atoms with Gasteiger partial charge in [-0.3, -0.25) is 23.8 Å². The number of hydrogen-bond donors (Lipinski definition) is 3. The first kappa shape index (κ1) is 30.9. The van der Waals surface area contributed by atoms with E-state index in [9.17, 15) is 37.7 Å². The molecule has 3 N–H and O–H groups in total. The zero-order chi connectivity index (χ0) is 30.7. The van der Waals surface area contributed by atoms with Crippen LogP contribution in [0.2, 0.25) is 0 Å². The van der Waals surface area contributed by atoms with Crippen LogP contribution >= 0.6 is 7.82 Å². The molecule has 1 fully saturated rings. The summed E-state index contributed by atoms with van der Waals surface area (Å²) in [6.07, 6.45) is -10.1. The number of ether oxygens (including phenoxy) is 3. The van der Waals surface area contributed by atoms with E-state index in [2.05, 4.69) is 4.94 Å². The lowest BCUT2D eigenvalue weighted by Gasteiger charge is -2.31. The summed E-state index contributed by atoms with van der Waals surface area (Å²) in [5, 5.41) is 21.2. The molecule has 0 radical (unpaired) electrons. The number of aliphatic hydroxyl groups excluding tert-OH is 2. The smallest absolute Gasteiger partial charge is 0.497 e. The van der Waals surface area contributed by atoms with Crippen molar-refractivity contribution in [3.05, 3.63) is 75.6 Å². The highest BCUT2D eigenvalue weighted by molar-refractivity contribution is 7.49. The number of aliphatic hydroxyl groups is 2. The molecule has 4 atom stereocenters. The van der Waals surface area contributed by atoms with Crippen LogP contribution < -0.4 is 34.7 Å². The Kier molecular flexibility index (Phi) is 9.18. The van der Waals surface area contributed by atoms with Crippen molar-refractivity contribution in [3.8, 4) is 28.7 Å². The molecule has 1 aliphatic rings. The summed E-state index contributed by atoms with van der Waals surface area (Å²) >= 11 is 0. The monoisotopic (exact) mass is 620 g/mol. The average molecular weight is 620 g/mol. The second-order valence-corrected chi connectivity index (χ2v) is 10.2. The minimum atomic E-state index is -4.89. The van der Waals surface area contributed by atoms with E-state index in [1.165, 1.54) is 62.8 Å². The molecule has 18 heteroatoms. The third-order valence-corrected chi connectivity index (χ3v) is 7.43. The second kappa shape index (κ2) is 12.5. The molecule has 0 spiro atoms. The fourth-order valence-electron chi connectivity index (χ4n) is 3.89. The maximum Gasteiger partial charge on any atom is 0.587 e. The van der Waals surface area contributed by atoms with Crippen LogP contribution in [0.15, 0.2) is 64.3 Å². The van der Waals surface area contributed by atoms with Gasteiger partial charge in [0.15, 0.2) is 11.8 Å². The summed E-state index contributed by atoms with van der Waals surface area (Å²) in [7, 11) is -2.08. The number of aromatic nitrogens is 2. The highest BCUT2D eigenvalue weighted by atomic mass is 31.2. The van der Waals surface area contributed by atoms with Gasteiger partial charge < -0.3 is 33.5 Å². The third-order valence-electron chi connectivity index (χ3n) is 6.12. The van der Waals surface area contributed by atoms with Gasteiger partial charge in [0.1, 0.15) is 35.2 Å². The van der Waals surface area contributed by atoms with Crippen molar-refractivity contribution in [2.24, 2.45) is 0 Å². The van der Waals surface area contributed by atoms with Crippen LogP contribution in [0.5, 0.6) is 28.7 Å². The Bertz CT molecular complexity index is 1480. The largest absolute Gasteiger partial charge is 0.587 e. The number of halogens is 3. The number of alkyl halides is 2. The number of rotatable bonds is 12. The Hall–Kier alpha value is -4.02. The van der Waals surface area contributed by atoms with E-state index in [1.54, 1.807) is 4.98 Å². The van der Waals surface area contributed by atoms with E-state index in [-0.39, 0.29) is 11.5 Å². The highest BCUT2D eigenvalue weighted by Gasteiger charge is 2.62. The van der Waals surface area contributed by atoms with Crippen molar-refractivity contribution in [2.45, 2.75) is 30.5 Å². The number of H-pyrrole nitrogens is 1. The van der Waals surface area contributed by atoms with Gasteiger partial charge in [0, 0.05) is 4.53 Å². The fourth-order valence-corrected chi connectivity index (χ4v) is 5.15. The van der Waals surface area contributed by atoms with Gasteiger partial charge in [0.05, 0.1) is 27.0 Å². The summed E-state index contributed by atoms with van der Waals surface area (Å²) < 4.78 is 87.2. The molecule has 4 rings (SSSR count). The first-order valence-corrected chi connectivity index (χ1v) is 13.3. The predicted octanol–water partition coefficient (Wildman–Crippen LogP) is 2.35. The number of methoxy groups -OCH3 is 2. The maximum absolute atomic E-state index is 14.5. The van der Waals surface area contributed by atoms with Gasteiger partial charge in [-0.2, -0.15) is 0 Å². The van der Waals surface area contributed by atoms with E-state index in [0.717, 1.165) is 0 Å². The molecule has 1 saturated heterocycles. The van der Waals surface area contributed by atoms with Gasteiger partial charge in [-0.1, -0.05) is 0 Å². The van der Waals surface area contributed by atoms with Crippen LogP contribution in [0, 0.1) is 0 Å². The van der Waals surface area contributed by atoms with E-state index in [1.807, 2.05) is 0 Å². The molecule has 14 nitrogen and oxygen atoms in total. The van der Waals surface area contributed by atoms with Crippen molar-refractivity contribution in [1.82, 2.24) is 9.55 Å². The highest BCUT2D eigenvalue weighted by Crippen LogP contribution is 2.52. The van der Waals surface area contributed by atoms with E-state index < -0.39 is 61.9 Å². The summed E-state index contributed by atoms with van der Waals surface area (Å²) in [6.45, 7) is -1.42. The van der Waals surface area contributed by atoms with Crippen molar-refractivity contribution < 1.29 is 60.8 Å². The topological polar surface area (TPSA) is 177 Å². The Morgan fingerprint density at radius 1 is 0.976 bits per heavy atom. The Morgan fingerprint density at radius 2 is 1.48 bits per heavy atom. The molecule has 0 bridgehead atoms. The van der Waals surface area contributed by atoms with Gasteiger partial charge in [-0.05, 0) is 48.5 Å². The van der Waals surface area contributed by atoms with Gasteiger partial charge >= 0.3 is 19.1 Å². The maximum atomic E-state index is 14.5. The molecule has 0 aliphatic carbocycles. The van der Waals surface area contributed by atoms with Crippen LogP contribution in [0.4, 0.5) is 13.3 Å². The average Bonchev–Trinajstić information content (AvgIpc) is 3.23. The van der Waals surface area contributed by atoms with E-state index in [4.69, 9.17) is 27.8 Å². The SMILES string of the molecule is COc1ccc(OP(=O)(OC[C@@]2(C(F)F)O[C@@H](n3cc(OF)c(=O)[nH]c3=O)[C@H](O)[C@@H]2O)Oc2ccc(OC)cc2)cc1. The minimum Gasteiger partial charge on any atom is -0.497 e. The molecule has 0 amide bonds. The summed E-state index contributed by atoms with van der Waals surface area (Å²) in [5.74, 6) is -0.443. The van der Waals surface area contributed by atoms with Crippen LogP contribution in [-0.4, -0.2) is 64.8 Å². The van der Waals surface area contributed by atoms with Crippen molar-refractivity contribution in [2.75, 3.05) is 20.8 Å². The van der Waals surface area contributed by atoms with Gasteiger partial charge in [-0.25, -0.2) is 18.1 Å². The molecule has 2 heterocycles. The molecule has 0 unspecified atom stereocenters. The molecule has 1 aliphatic heterocycles. The Balaban J connectivity index is 1.66.